The average molecular weight is 227 g/mol. The van der Waals surface area contributed by atoms with Crippen molar-refractivity contribution < 1.29 is 4.74 Å². The topological polar surface area (TPSA) is 22.1 Å². The van der Waals surface area contributed by atoms with Crippen molar-refractivity contribution in [3.05, 3.63) is 12.3 Å². The number of hydrogen-bond donors (Lipinski definition) is 0. The lowest BCUT2D eigenvalue weighted by Gasteiger charge is -2.11. The molecule has 0 bridgehead atoms. The lowest BCUT2D eigenvalue weighted by atomic mass is 10.4. The molecular weight excluding hydrogens is 214 g/mol. The van der Waals surface area contributed by atoms with E-state index in [9.17, 15) is 0 Å². The first kappa shape index (κ1) is 10.2. The number of aromatic nitrogens is 1. The van der Waals surface area contributed by atoms with E-state index in [1.165, 1.54) is 17.7 Å². The van der Waals surface area contributed by atoms with Crippen LogP contribution in [0.15, 0.2) is 22.2 Å². The Hall–Kier alpha value is -0.350. The second kappa shape index (κ2) is 4.45. The van der Waals surface area contributed by atoms with Gasteiger partial charge in [0.25, 0.3) is 0 Å². The number of hydrogen-bond acceptors (Lipinski definition) is 4. The number of pyridine rings is 1. The van der Waals surface area contributed by atoms with Gasteiger partial charge in [-0.05, 0) is 31.4 Å². The third kappa shape index (κ3) is 2.17. The molecule has 14 heavy (non-hydrogen) atoms. The van der Waals surface area contributed by atoms with Crippen LogP contribution in [0.2, 0.25) is 0 Å². The number of nitrogens with zero attached hydrogens (tertiary/aromatic N) is 1. The van der Waals surface area contributed by atoms with Crippen molar-refractivity contribution in [1.82, 2.24) is 4.98 Å². The zero-order valence-electron chi connectivity index (χ0n) is 8.32. The van der Waals surface area contributed by atoms with Gasteiger partial charge in [0.2, 0.25) is 0 Å². The normalized spacial score (nSPS) is 15.6. The SMILES string of the molecule is CSc1ccnc(SC)c1OC1CC1. The molecule has 2 nitrogen and oxygen atoms in total. The van der Waals surface area contributed by atoms with Crippen molar-refractivity contribution in [2.24, 2.45) is 0 Å². The molecule has 1 aromatic rings. The maximum absolute atomic E-state index is 5.87. The first-order valence-corrected chi connectivity index (χ1v) is 7.03. The summed E-state index contributed by atoms with van der Waals surface area (Å²) in [7, 11) is 0. The van der Waals surface area contributed by atoms with Gasteiger partial charge in [-0.1, -0.05) is 0 Å². The van der Waals surface area contributed by atoms with E-state index in [2.05, 4.69) is 11.2 Å². The van der Waals surface area contributed by atoms with Crippen LogP contribution < -0.4 is 4.74 Å². The molecule has 0 atom stereocenters. The van der Waals surface area contributed by atoms with Gasteiger partial charge < -0.3 is 4.74 Å². The van der Waals surface area contributed by atoms with E-state index in [-0.39, 0.29) is 0 Å². The first-order chi connectivity index (χ1) is 6.85. The summed E-state index contributed by atoms with van der Waals surface area (Å²) < 4.78 is 5.87. The molecule has 0 N–H and O–H groups in total. The van der Waals surface area contributed by atoms with Crippen molar-refractivity contribution >= 4 is 23.5 Å². The number of rotatable bonds is 4. The minimum Gasteiger partial charge on any atom is -0.486 e. The fourth-order valence-electron chi connectivity index (χ4n) is 1.18. The summed E-state index contributed by atoms with van der Waals surface area (Å²) in [5, 5.41) is 1.00. The van der Waals surface area contributed by atoms with Crippen LogP contribution in [-0.4, -0.2) is 23.6 Å². The quantitative estimate of drug-likeness (QED) is 0.737. The third-order valence-electron chi connectivity index (χ3n) is 2.06. The first-order valence-electron chi connectivity index (χ1n) is 4.58. The highest BCUT2D eigenvalue weighted by atomic mass is 32.2. The van der Waals surface area contributed by atoms with Crippen LogP contribution in [0.3, 0.4) is 0 Å². The molecule has 1 saturated carbocycles. The summed E-state index contributed by atoms with van der Waals surface area (Å²) in [6.07, 6.45) is 8.77. The third-order valence-corrected chi connectivity index (χ3v) is 3.50. The Balaban J connectivity index is 2.29. The average Bonchev–Trinajstić information content (AvgIpc) is 3.02. The zero-order chi connectivity index (χ0) is 9.97. The van der Waals surface area contributed by atoms with E-state index in [1.54, 1.807) is 23.5 Å². The van der Waals surface area contributed by atoms with Crippen molar-refractivity contribution in [1.29, 1.82) is 0 Å². The number of ether oxygens (including phenoxy) is 1. The Kier molecular flexibility index (Phi) is 3.23. The van der Waals surface area contributed by atoms with Crippen LogP contribution in [0.5, 0.6) is 5.75 Å². The fourth-order valence-corrected chi connectivity index (χ4v) is 2.28. The van der Waals surface area contributed by atoms with E-state index >= 15 is 0 Å². The summed E-state index contributed by atoms with van der Waals surface area (Å²) in [6.45, 7) is 0. The highest BCUT2D eigenvalue weighted by Crippen LogP contribution is 2.38. The largest absolute Gasteiger partial charge is 0.486 e. The van der Waals surface area contributed by atoms with Gasteiger partial charge in [-0.3, -0.25) is 0 Å². The lowest BCUT2D eigenvalue weighted by Crippen LogP contribution is -2.00. The van der Waals surface area contributed by atoms with Crippen molar-refractivity contribution in [3.8, 4) is 5.75 Å². The summed E-state index contributed by atoms with van der Waals surface area (Å²) in [5.74, 6) is 0.981. The second-order valence-corrected chi connectivity index (χ2v) is 4.81. The van der Waals surface area contributed by atoms with Crippen LogP contribution in [0, 0.1) is 0 Å². The molecular formula is C10H13NOS2. The molecule has 1 aliphatic rings. The van der Waals surface area contributed by atoms with E-state index < -0.39 is 0 Å². The van der Waals surface area contributed by atoms with Crippen LogP contribution in [-0.2, 0) is 0 Å². The maximum atomic E-state index is 5.87. The van der Waals surface area contributed by atoms with Crippen molar-refractivity contribution in [3.63, 3.8) is 0 Å². The Morgan fingerprint density at radius 3 is 2.71 bits per heavy atom. The van der Waals surface area contributed by atoms with Gasteiger partial charge in [-0.15, -0.1) is 23.5 Å². The predicted octanol–water partition coefficient (Wildman–Crippen LogP) is 3.07. The Morgan fingerprint density at radius 2 is 2.14 bits per heavy atom. The Bertz CT molecular complexity index is 304. The monoisotopic (exact) mass is 227 g/mol. The summed E-state index contributed by atoms with van der Waals surface area (Å²) in [5.41, 5.74) is 0. The maximum Gasteiger partial charge on any atom is 0.165 e. The predicted molar refractivity (Wildman–Crippen MR) is 61.4 cm³/mol. The van der Waals surface area contributed by atoms with Gasteiger partial charge in [-0.2, -0.15) is 0 Å². The van der Waals surface area contributed by atoms with Gasteiger partial charge in [0.05, 0.1) is 11.0 Å². The number of thioether (sulfide) groups is 2. The van der Waals surface area contributed by atoms with Crippen LogP contribution in [0.25, 0.3) is 0 Å². The summed E-state index contributed by atoms with van der Waals surface area (Å²) >= 11 is 3.36. The standard InChI is InChI=1S/C10H13NOS2/c1-13-8-5-6-11-10(14-2)9(8)12-7-3-4-7/h5-7H,3-4H2,1-2H3. The van der Waals surface area contributed by atoms with Gasteiger partial charge >= 0.3 is 0 Å². The molecule has 2 rings (SSSR count). The molecule has 0 unspecified atom stereocenters. The van der Waals surface area contributed by atoms with E-state index in [1.807, 2.05) is 18.5 Å². The fraction of sp³-hybridized carbons (Fsp3) is 0.500. The van der Waals surface area contributed by atoms with Crippen molar-refractivity contribution in [2.75, 3.05) is 12.5 Å². The zero-order valence-corrected chi connectivity index (χ0v) is 9.95. The van der Waals surface area contributed by atoms with Crippen LogP contribution in [0.4, 0.5) is 0 Å². The smallest absolute Gasteiger partial charge is 0.165 e. The molecule has 0 amide bonds. The molecule has 0 aliphatic heterocycles. The molecule has 1 fully saturated rings. The van der Waals surface area contributed by atoms with E-state index in [0.717, 1.165) is 10.8 Å². The molecule has 0 radical (unpaired) electrons. The second-order valence-electron chi connectivity index (χ2n) is 3.17. The van der Waals surface area contributed by atoms with Crippen LogP contribution in [0.1, 0.15) is 12.8 Å². The molecule has 4 heteroatoms. The minimum absolute atomic E-state index is 0.441. The summed E-state index contributed by atoms with van der Waals surface area (Å²) in [6, 6.07) is 2.02. The Morgan fingerprint density at radius 1 is 1.36 bits per heavy atom. The highest BCUT2D eigenvalue weighted by molar-refractivity contribution is 7.99. The molecule has 0 aromatic carbocycles. The lowest BCUT2D eigenvalue weighted by molar-refractivity contribution is 0.286. The molecule has 1 aliphatic carbocycles. The van der Waals surface area contributed by atoms with E-state index in [0.29, 0.717) is 6.10 Å². The van der Waals surface area contributed by atoms with Crippen LogP contribution >= 0.6 is 23.5 Å². The highest BCUT2D eigenvalue weighted by Gasteiger charge is 2.26. The molecule has 0 spiro atoms. The molecule has 1 aromatic heterocycles. The summed E-state index contributed by atoms with van der Waals surface area (Å²) in [4.78, 5) is 5.50. The van der Waals surface area contributed by atoms with Crippen molar-refractivity contribution in [2.45, 2.75) is 28.9 Å². The minimum atomic E-state index is 0.441. The van der Waals surface area contributed by atoms with E-state index in [4.69, 9.17) is 4.74 Å². The molecule has 1 heterocycles. The van der Waals surface area contributed by atoms with Gasteiger partial charge in [0.15, 0.2) is 5.75 Å². The Labute approximate surface area is 92.8 Å². The van der Waals surface area contributed by atoms with Gasteiger partial charge in [-0.25, -0.2) is 4.98 Å². The van der Waals surface area contributed by atoms with Gasteiger partial charge in [0, 0.05) is 6.20 Å². The molecule has 76 valence electrons. The molecule has 0 saturated heterocycles. The van der Waals surface area contributed by atoms with Gasteiger partial charge in [0.1, 0.15) is 5.03 Å².